The molecule has 0 saturated carbocycles. The van der Waals surface area contributed by atoms with Crippen molar-refractivity contribution in [3.63, 3.8) is 0 Å². The first-order valence-electron chi connectivity index (χ1n) is 8.67. The van der Waals surface area contributed by atoms with Crippen molar-refractivity contribution in [2.45, 2.75) is 71.1 Å². The van der Waals surface area contributed by atoms with E-state index in [9.17, 15) is 0 Å². The van der Waals surface area contributed by atoms with Crippen LogP contribution in [0.5, 0.6) is 0 Å². The van der Waals surface area contributed by atoms with Gasteiger partial charge in [-0.2, -0.15) is 0 Å². The number of hydrogen-bond donors (Lipinski definition) is 0. The molecule has 0 aliphatic heterocycles. The fourth-order valence-corrected chi connectivity index (χ4v) is 2.86. The van der Waals surface area contributed by atoms with Gasteiger partial charge >= 0.3 is 0 Å². The molecule has 0 aromatic heterocycles. The molecule has 0 aliphatic carbocycles. The summed E-state index contributed by atoms with van der Waals surface area (Å²) < 4.78 is 11.8. The maximum absolute atomic E-state index is 6.18. The Morgan fingerprint density at radius 1 is 1.09 bits per heavy atom. The molecule has 0 saturated heterocycles. The van der Waals surface area contributed by atoms with Crippen molar-refractivity contribution in [3.05, 3.63) is 35.9 Å². The van der Waals surface area contributed by atoms with Crippen molar-refractivity contribution in [2.75, 3.05) is 7.11 Å². The summed E-state index contributed by atoms with van der Waals surface area (Å²) in [6, 6.07) is 10.3. The molecule has 0 N–H and O–H groups in total. The Kier molecular flexibility index (Phi) is 9.24. The Bertz CT molecular complexity index is 482. The van der Waals surface area contributed by atoms with Crippen molar-refractivity contribution in [1.29, 1.82) is 0 Å². The zero-order valence-electron chi connectivity index (χ0n) is 15.4. The molecular weight excluding hydrogens is 300 g/mol. The zero-order valence-corrected chi connectivity index (χ0v) is 16.4. The van der Waals surface area contributed by atoms with Crippen LogP contribution in [-0.2, 0) is 16.1 Å². The van der Waals surface area contributed by atoms with Crippen LogP contribution >= 0.6 is 0 Å². The van der Waals surface area contributed by atoms with Crippen molar-refractivity contribution in [1.82, 2.24) is 0 Å². The van der Waals surface area contributed by atoms with E-state index in [-0.39, 0.29) is 12.2 Å². The minimum Gasteiger partial charge on any atom is -0.370 e. The van der Waals surface area contributed by atoms with E-state index in [1.165, 1.54) is 18.4 Å². The average Bonchev–Trinajstić information content (AvgIpc) is 2.52. The monoisotopic (exact) mass is 332 g/mol. The minimum absolute atomic E-state index is 0.0376. The highest BCUT2D eigenvalue weighted by Crippen LogP contribution is 2.15. The predicted octanol–water partition coefficient (Wildman–Crippen LogP) is 5.05. The van der Waals surface area contributed by atoms with Gasteiger partial charge in [-0.3, -0.25) is 0 Å². The number of rotatable bonds is 9. The molecule has 128 valence electrons. The second-order valence-electron chi connectivity index (χ2n) is 7.01. The van der Waals surface area contributed by atoms with Gasteiger partial charge in [0.05, 0.1) is 12.7 Å². The lowest BCUT2D eigenvalue weighted by atomic mass is 10.1. The van der Waals surface area contributed by atoms with Gasteiger partial charge in [0.25, 0.3) is 0 Å². The number of ether oxygens (including phenoxy) is 2. The van der Waals surface area contributed by atoms with Crippen molar-refractivity contribution >= 4 is 8.07 Å². The molecule has 0 bridgehead atoms. The van der Waals surface area contributed by atoms with Gasteiger partial charge in [0.15, 0.2) is 0 Å². The smallest absolute Gasteiger partial charge is 0.143 e. The molecule has 0 heterocycles. The fraction of sp³-hybridized carbons (Fsp3) is 0.600. The molecule has 1 aromatic carbocycles. The zero-order chi connectivity index (χ0) is 17.1. The van der Waals surface area contributed by atoms with Crippen LogP contribution in [0, 0.1) is 11.5 Å². The van der Waals surface area contributed by atoms with Crippen molar-refractivity contribution < 1.29 is 9.47 Å². The highest BCUT2D eigenvalue weighted by Gasteiger charge is 2.21. The number of methoxy groups -OCH3 is 1. The van der Waals surface area contributed by atoms with E-state index in [0.717, 1.165) is 12.8 Å². The van der Waals surface area contributed by atoms with Crippen LogP contribution in [0.2, 0.25) is 19.6 Å². The number of benzene rings is 1. The van der Waals surface area contributed by atoms with Crippen LogP contribution in [0.1, 0.15) is 38.2 Å². The third-order valence-electron chi connectivity index (χ3n) is 3.58. The fourth-order valence-electron chi connectivity index (χ4n) is 2.29. The lowest BCUT2D eigenvalue weighted by molar-refractivity contribution is -0.0444. The summed E-state index contributed by atoms with van der Waals surface area (Å²) in [6.45, 7) is 9.60. The summed E-state index contributed by atoms with van der Waals surface area (Å²) >= 11 is 0. The number of hydrogen-bond acceptors (Lipinski definition) is 2. The van der Waals surface area contributed by atoms with Crippen molar-refractivity contribution in [2.24, 2.45) is 0 Å². The summed E-state index contributed by atoms with van der Waals surface area (Å²) in [6.07, 6.45) is 4.49. The average molecular weight is 333 g/mol. The maximum Gasteiger partial charge on any atom is 0.143 e. The molecule has 0 aliphatic rings. The van der Waals surface area contributed by atoms with Crippen LogP contribution < -0.4 is 0 Å². The summed E-state index contributed by atoms with van der Waals surface area (Å²) in [5.41, 5.74) is 4.62. The Morgan fingerprint density at radius 3 is 2.35 bits per heavy atom. The van der Waals surface area contributed by atoms with Gasteiger partial charge < -0.3 is 9.47 Å². The second kappa shape index (κ2) is 10.6. The van der Waals surface area contributed by atoms with Gasteiger partial charge in [0.1, 0.15) is 14.2 Å². The summed E-state index contributed by atoms with van der Waals surface area (Å²) in [4.78, 5) is 0. The first kappa shape index (κ1) is 20.0. The van der Waals surface area contributed by atoms with Gasteiger partial charge in [-0.25, -0.2) is 0 Å². The standard InChI is InChI=1S/C20H32O2Si/c1-6-7-9-14-20(19(21-2)15-16-23(3,4)5)22-17-18-12-10-8-11-13-18/h8,10-13,19-20H,6-7,9,14,17H2,1-5H3/t19-,20+/m0/s1. The van der Waals surface area contributed by atoms with E-state index >= 15 is 0 Å². The molecule has 0 fully saturated rings. The van der Waals surface area contributed by atoms with E-state index in [2.05, 4.69) is 50.2 Å². The van der Waals surface area contributed by atoms with Gasteiger partial charge in [-0.05, 0) is 12.0 Å². The van der Waals surface area contributed by atoms with E-state index in [0.29, 0.717) is 6.61 Å². The number of unbranched alkanes of at least 4 members (excludes halogenated alkanes) is 2. The molecule has 0 radical (unpaired) electrons. The highest BCUT2D eigenvalue weighted by molar-refractivity contribution is 6.83. The van der Waals surface area contributed by atoms with Crippen LogP contribution in [0.3, 0.4) is 0 Å². The molecule has 0 amide bonds. The molecular formula is C20H32O2Si. The lowest BCUT2D eigenvalue weighted by Crippen LogP contribution is -2.30. The Balaban J connectivity index is 2.73. The third kappa shape index (κ3) is 8.95. The van der Waals surface area contributed by atoms with Gasteiger partial charge in [0, 0.05) is 7.11 Å². The Hall–Kier alpha value is -1.08. The van der Waals surface area contributed by atoms with Crippen LogP contribution in [0.25, 0.3) is 0 Å². The largest absolute Gasteiger partial charge is 0.370 e. The predicted molar refractivity (Wildman–Crippen MR) is 101 cm³/mol. The molecule has 2 nitrogen and oxygen atoms in total. The van der Waals surface area contributed by atoms with E-state index in [1.54, 1.807) is 7.11 Å². The Morgan fingerprint density at radius 2 is 1.78 bits per heavy atom. The SMILES string of the molecule is CCCCC[C@@H](OCc1ccccc1)[C@H](C#C[Si](C)(C)C)OC. The molecule has 3 heteroatoms. The summed E-state index contributed by atoms with van der Waals surface area (Å²) in [7, 11) is 0.335. The van der Waals surface area contributed by atoms with Crippen LogP contribution in [-0.4, -0.2) is 27.4 Å². The van der Waals surface area contributed by atoms with Gasteiger partial charge in [-0.1, -0.05) is 82.1 Å². The van der Waals surface area contributed by atoms with Crippen molar-refractivity contribution in [3.8, 4) is 11.5 Å². The molecule has 1 rings (SSSR count). The highest BCUT2D eigenvalue weighted by atomic mass is 28.3. The van der Waals surface area contributed by atoms with Crippen LogP contribution in [0.15, 0.2) is 30.3 Å². The van der Waals surface area contributed by atoms with Gasteiger partial charge in [-0.15, -0.1) is 5.54 Å². The first-order valence-corrected chi connectivity index (χ1v) is 12.2. The second-order valence-corrected chi connectivity index (χ2v) is 11.8. The molecule has 1 aromatic rings. The Labute approximate surface area is 143 Å². The maximum atomic E-state index is 6.18. The van der Waals surface area contributed by atoms with E-state index in [1.807, 2.05) is 18.2 Å². The minimum atomic E-state index is -1.40. The molecule has 23 heavy (non-hydrogen) atoms. The summed E-state index contributed by atoms with van der Waals surface area (Å²) in [5, 5.41) is 0. The topological polar surface area (TPSA) is 18.5 Å². The van der Waals surface area contributed by atoms with Crippen LogP contribution in [0.4, 0.5) is 0 Å². The lowest BCUT2D eigenvalue weighted by Gasteiger charge is -2.23. The van der Waals surface area contributed by atoms with E-state index in [4.69, 9.17) is 9.47 Å². The summed E-state index contributed by atoms with van der Waals surface area (Å²) in [5.74, 6) is 3.34. The molecule has 2 atom stereocenters. The molecule has 0 unspecified atom stereocenters. The normalized spacial score (nSPS) is 14.0. The first-order chi connectivity index (χ1) is 11.0. The van der Waals surface area contributed by atoms with Gasteiger partial charge in [0.2, 0.25) is 0 Å². The third-order valence-corrected chi connectivity index (χ3v) is 4.47. The molecule has 0 spiro atoms. The quantitative estimate of drug-likeness (QED) is 0.358. The van der Waals surface area contributed by atoms with E-state index < -0.39 is 8.07 Å².